The number of H-pyrrole nitrogens is 1. The molecule has 0 saturated heterocycles. The molecule has 0 bridgehead atoms. The molecule has 0 atom stereocenters. The molecule has 4 rings (SSSR count). The van der Waals surface area contributed by atoms with Gasteiger partial charge < -0.3 is 20.4 Å². The van der Waals surface area contributed by atoms with Gasteiger partial charge in [-0.05, 0) is 44.0 Å². The molecule has 0 spiro atoms. The third kappa shape index (κ3) is 3.28. The second-order valence-corrected chi connectivity index (χ2v) is 6.13. The van der Waals surface area contributed by atoms with Crippen molar-refractivity contribution in [1.82, 2.24) is 9.97 Å². The van der Waals surface area contributed by atoms with E-state index in [2.05, 4.69) is 20.6 Å². The number of carbonyl (C=O) groups excluding carboxylic acids is 1. The molecule has 25 heavy (non-hydrogen) atoms. The summed E-state index contributed by atoms with van der Waals surface area (Å²) in [5, 5.41) is 7.25. The molecule has 1 amide bonds. The Morgan fingerprint density at radius 3 is 3.00 bits per heavy atom. The fourth-order valence-corrected chi connectivity index (χ4v) is 2.79. The fourth-order valence-electron chi connectivity index (χ4n) is 2.79. The van der Waals surface area contributed by atoms with Gasteiger partial charge in [-0.25, -0.2) is 0 Å². The lowest BCUT2D eigenvalue weighted by molar-refractivity contribution is 0.102. The molecule has 3 aromatic rings. The minimum atomic E-state index is -0.203. The SMILES string of the molecule is CCOc1cccc2[nH]c(C(=O)Nc3cnccc3NC3CC3)cc12. The number of ether oxygens (including phenoxy) is 1. The monoisotopic (exact) mass is 336 g/mol. The van der Waals surface area contributed by atoms with E-state index < -0.39 is 0 Å². The van der Waals surface area contributed by atoms with Crippen LogP contribution >= 0.6 is 0 Å². The molecule has 1 saturated carbocycles. The molecule has 1 fully saturated rings. The standard InChI is InChI=1S/C19H20N4O2/c1-2-25-18-5-3-4-14-13(18)10-16(22-14)19(24)23-17-11-20-9-8-15(17)21-12-6-7-12/h3-5,8-12,22H,2,6-7H2,1H3,(H,20,21)(H,23,24). The van der Waals surface area contributed by atoms with Crippen LogP contribution in [-0.4, -0.2) is 28.5 Å². The Morgan fingerprint density at radius 2 is 2.20 bits per heavy atom. The first kappa shape index (κ1) is 15.5. The predicted octanol–water partition coefficient (Wildman–Crippen LogP) is 3.79. The lowest BCUT2D eigenvalue weighted by atomic mass is 10.2. The molecule has 0 aliphatic heterocycles. The number of nitrogens with zero attached hydrogens (tertiary/aromatic N) is 1. The smallest absolute Gasteiger partial charge is 0.272 e. The van der Waals surface area contributed by atoms with E-state index in [4.69, 9.17) is 4.74 Å². The van der Waals surface area contributed by atoms with Crippen LogP contribution in [0.15, 0.2) is 42.7 Å². The highest BCUT2D eigenvalue weighted by atomic mass is 16.5. The second-order valence-electron chi connectivity index (χ2n) is 6.13. The number of nitrogens with one attached hydrogen (secondary N) is 3. The first-order valence-electron chi connectivity index (χ1n) is 8.51. The van der Waals surface area contributed by atoms with Crippen LogP contribution in [0.4, 0.5) is 11.4 Å². The lowest BCUT2D eigenvalue weighted by Crippen LogP contribution is -2.14. The van der Waals surface area contributed by atoms with E-state index in [1.165, 1.54) is 0 Å². The summed E-state index contributed by atoms with van der Waals surface area (Å²) >= 11 is 0. The molecular formula is C19H20N4O2. The summed E-state index contributed by atoms with van der Waals surface area (Å²) < 4.78 is 5.63. The van der Waals surface area contributed by atoms with Gasteiger partial charge in [-0.1, -0.05) is 6.07 Å². The lowest BCUT2D eigenvalue weighted by Gasteiger charge is -2.11. The number of rotatable bonds is 6. The molecule has 0 unspecified atom stereocenters. The quantitative estimate of drug-likeness (QED) is 0.640. The maximum Gasteiger partial charge on any atom is 0.272 e. The largest absolute Gasteiger partial charge is 0.493 e. The van der Waals surface area contributed by atoms with E-state index in [0.29, 0.717) is 24.0 Å². The Bertz CT molecular complexity index is 915. The van der Waals surface area contributed by atoms with E-state index in [-0.39, 0.29) is 5.91 Å². The Labute approximate surface area is 145 Å². The van der Waals surface area contributed by atoms with Gasteiger partial charge in [0, 0.05) is 23.1 Å². The molecule has 6 heteroatoms. The highest BCUT2D eigenvalue weighted by Gasteiger charge is 2.22. The zero-order valence-electron chi connectivity index (χ0n) is 14.0. The Morgan fingerprint density at radius 1 is 1.32 bits per heavy atom. The number of pyridine rings is 1. The number of aromatic amines is 1. The average molecular weight is 336 g/mol. The van der Waals surface area contributed by atoms with Gasteiger partial charge in [0.05, 0.1) is 24.2 Å². The zero-order chi connectivity index (χ0) is 17.2. The number of fused-ring (bicyclic) bond motifs is 1. The molecule has 2 heterocycles. The van der Waals surface area contributed by atoms with E-state index in [1.54, 1.807) is 12.4 Å². The van der Waals surface area contributed by atoms with Gasteiger partial charge in [0.2, 0.25) is 0 Å². The van der Waals surface area contributed by atoms with Crippen molar-refractivity contribution in [2.45, 2.75) is 25.8 Å². The van der Waals surface area contributed by atoms with Crippen LogP contribution in [0.1, 0.15) is 30.3 Å². The minimum absolute atomic E-state index is 0.203. The third-order valence-corrected chi connectivity index (χ3v) is 4.17. The van der Waals surface area contributed by atoms with Crippen LogP contribution in [0.25, 0.3) is 10.9 Å². The van der Waals surface area contributed by atoms with Crippen LogP contribution in [0.5, 0.6) is 5.75 Å². The topological polar surface area (TPSA) is 79.0 Å². The van der Waals surface area contributed by atoms with E-state index in [9.17, 15) is 4.79 Å². The summed E-state index contributed by atoms with van der Waals surface area (Å²) in [5.74, 6) is 0.568. The van der Waals surface area contributed by atoms with Crippen molar-refractivity contribution in [3.05, 3.63) is 48.4 Å². The van der Waals surface area contributed by atoms with Crippen LogP contribution in [0.3, 0.4) is 0 Å². The van der Waals surface area contributed by atoms with Crippen LogP contribution in [0.2, 0.25) is 0 Å². The highest BCUT2D eigenvalue weighted by molar-refractivity contribution is 6.07. The number of hydrogen-bond acceptors (Lipinski definition) is 4. The van der Waals surface area contributed by atoms with Gasteiger partial charge in [-0.15, -0.1) is 0 Å². The summed E-state index contributed by atoms with van der Waals surface area (Å²) in [4.78, 5) is 19.9. The Balaban J connectivity index is 1.59. The first-order valence-corrected chi connectivity index (χ1v) is 8.51. The normalized spacial score (nSPS) is 13.6. The number of benzene rings is 1. The summed E-state index contributed by atoms with van der Waals surface area (Å²) in [7, 11) is 0. The number of amides is 1. The van der Waals surface area contributed by atoms with Gasteiger partial charge in [0.15, 0.2) is 0 Å². The Hall–Kier alpha value is -3.02. The molecule has 1 aliphatic carbocycles. The molecule has 6 nitrogen and oxygen atoms in total. The maximum atomic E-state index is 12.7. The second kappa shape index (κ2) is 6.47. The van der Waals surface area contributed by atoms with Crippen molar-refractivity contribution in [2.24, 2.45) is 0 Å². The summed E-state index contributed by atoms with van der Waals surface area (Å²) in [6.07, 6.45) is 5.71. The van der Waals surface area contributed by atoms with Gasteiger partial charge in [-0.2, -0.15) is 0 Å². The molecule has 1 aliphatic rings. The highest BCUT2D eigenvalue weighted by Crippen LogP contribution is 2.30. The number of carbonyl (C=O) groups is 1. The molecular weight excluding hydrogens is 316 g/mol. The first-order chi connectivity index (χ1) is 12.2. The third-order valence-electron chi connectivity index (χ3n) is 4.17. The summed E-state index contributed by atoms with van der Waals surface area (Å²) in [6, 6.07) is 9.94. The molecule has 1 aromatic carbocycles. The fraction of sp³-hybridized carbons (Fsp3) is 0.263. The molecule has 128 valence electrons. The van der Waals surface area contributed by atoms with Crippen molar-refractivity contribution in [1.29, 1.82) is 0 Å². The minimum Gasteiger partial charge on any atom is -0.493 e. The molecule has 0 radical (unpaired) electrons. The molecule has 3 N–H and O–H groups in total. The average Bonchev–Trinajstić information content (AvgIpc) is 3.31. The van der Waals surface area contributed by atoms with Gasteiger partial charge in [0.1, 0.15) is 11.4 Å². The van der Waals surface area contributed by atoms with Crippen LogP contribution < -0.4 is 15.4 Å². The van der Waals surface area contributed by atoms with Crippen LogP contribution in [-0.2, 0) is 0 Å². The Kier molecular flexibility index (Phi) is 4.01. The summed E-state index contributed by atoms with van der Waals surface area (Å²) in [6.45, 7) is 2.52. The van der Waals surface area contributed by atoms with Crippen molar-refractivity contribution in [3.8, 4) is 5.75 Å². The van der Waals surface area contributed by atoms with E-state index in [1.807, 2.05) is 37.3 Å². The number of aromatic nitrogens is 2. The van der Waals surface area contributed by atoms with Crippen molar-refractivity contribution in [2.75, 3.05) is 17.2 Å². The predicted molar refractivity (Wildman–Crippen MR) is 98.3 cm³/mol. The van der Waals surface area contributed by atoms with Crippen LogP contribution in [0, 0.1) is 0 Å². The zero-order valence-corrected chi connectivity index (χ0v) is 14.0. The van der Waals surface area contributed by atoms with E-state index in [0.717, 1.165) is 35.2 Å². The van der Waals surface area contributed by atoms with Gasteiger partial charge in [0.25, 0.3) is 5.91 Å². The molecule has 2 aromatic heterocycles. The van der Waals surface area contributed by atoms with Crippen molar-refractivity contribution >= 4 is 28.2 Å². The van der Waals surface area contributed by atoms with E-state index >= 15 is 0 Å². The number of anilines is 2. The van der Waals surface area contributed by atoms with Crippen molar-refractivity contribution in [3.63, 3.8) is 0 Å². The van der Waals surface area contributed by atoms with Crippen molar-refractivity contribution < 1.29 is 9.53 Å². The number of hydrogen-bond donors (Lipinski definition) is 3. The van der Waals surface area contributed by atoms with Gasteiger partial charge >= 0.3 is 0 Å². The maximum absolute atomic E-state index is 12.7. The summed E-state index contributed by atoms with van der Waals surface area (Å²) in [5.41, 5.74) is 2.95. The van der Waals surface area contributed by atoms with Gasteiger partial charge in [-0.3, -0.25) is 9.78 Å².